The fourth-order valence-corrected chi connectivity index (χ4v) is 3.41. The van der Waals surface area contributed by atoms with Crippen molar-refractivity contribution in [1.29, 1.82) is 0 Å². The van der Waals surface area contributed by atoms with Gasteiger partial charge in [-0.25, -0.2) is 14.8 Å². The Morgan fingerprint density at radius 1 is 1.10 bits per heavy atom. The highest BCUT2D eigenvalue weighted by Gasteiger charge is 2.17. The van der Waals surface area contributed by atoms with Crippen LogP contribution in [0.25, 0.3) is 11.4 Å². The van der Waals surface area contributed by atoms with E-state index in [1.165, 1.54) is 11.8 Å². The van der Waals surface area contributed by atoms with Crippen LogP contribution >= 0.6 is 0 Å². The van der Waals surface area contributed by atoms with Crippen molar-refractivity contribution in [1.82, 2.24) is 14.9 Å². The zero-order valence-corrected chi connectivity index (χ0v) is 17.6. The molecule has 7 heteroatoms. The smallest absolute Gasteiger partial charge is 0.343 e. The van der Waals surface area contributed by atoms with Crippen LogP contribution in [-0.4, -0.2) is 53.7 Å². The molecule has 160 valence electrons. The Kier molecular flexibility index (Phi) is 6.86. The lowest BCUT2D eigenvalue weighted by Gasteiger charge is -2.26. The Balaban J connectivity index is 1.55. The van der Waals surface area contributed by atoms with Crippen LogP contribution in [0.15, 0.2) is 60.8 Å². The van der Waals surface area contributed by atoms with Gasteiger partial charge in [0.2, 0.25) is 0 Å². The van der Waals surface area contributed by atoms with E-state index in [9.17, 15) is 4.79 Å². The minimum atomic E-state index is -0.450. The molecule has 31 heavy (non-hydrogen) atoms. The summed E-state index contributed by atoms with van der Waals surface area (Å²) in [5.41, 5.74) is 3.25. The number of hydrogen-bond donors (Lipinski definition) is 1. The average molecular weight is 418 g/mol. The molecule has 0 amide bonds. The van der Waals surface area contributed by atoms with Crippen LogP contribution in [0.1, 0.15) is 22.8 Å². The van der Waals surface area contributed by atoms with Crippen molar-refractivity contribution in [2.24, 2.45) is 0 Å². The van der Waals surface area contributed by atoms with Gasteiger partial charge in [-0.05, 0) is 24.6 Å². The van der Waals surface area contributed by atoms with Crippen molar-refractivity contribution in [3.63, 3.8) is 0 Å². The molecule has 7 nitrogen and oxygen atoms in total. The first-order valence-electron chi connectivity index (χ1n) is 10.5. The molecule has 0 bridgehead atoms. The molecule has 0 saturated carbocycles. The number of ether oxygens (including phenoxy) is 2. The molecule has 1 fully saturated rings. The number of benzene rings is 2. The number of carbonyl (C=O) groups is 1. The van der Waals surface area contributed by atoms with E-state index >= 15 is 0 Å². The number of hydrogen-bond acceptors (Lipinski definition) is 7. The predicted octanol–water partition coefficient (Wildman–Crippen LogP) is 3.90. The van der Waals surface area contributed by atoms with E-state index in [4.69, 9.17) is 9.47 Å². The molecular formula is C24H26N4O3. The molecule has 1 aliphatic rings. The number of carbonyl (C=O) groups excluding carboxylic acids is 1. The molecule has 0 atom stereocenters. The maximum absolute atomic E-state index is 12.4. The molecule has 1 aromatic heterocycles. The lowest BCUT2D eigenvalue weighted by Crippen LogP contribution is -2.35. The first kappa shape index (κ1) is 21.0. The molecule has 4 rings (SSSR count). The quantitative estimate of drug-likeness (QED) is 0.583. The highest BCUT2D eigenvalue weighted by Crippen LogP contribution is 2.24. The van der Waals surface area contributed by atoms with Gasteiger partial charge in [0.15, 0.2) is 5.82 Å². The molecule has 2 heterocycles. The van der Waals surface area contributed by atoms with Crippen molar-refractivity contribution in [2.45, 2.75) is 13.5 Å². The summed E-state index contributed by atoms with van der Waals surface area (Å²) < 4.78 is 10.6. The maximum Gasteiger partial charge on any atom is 0.343 e. The van der Waals surface area contributed by atoms with Crippen LogP contribution in [0.4, 0.5) is 11.5 Å². The molecule has 0 radical (unpaired) electrons. The molecule has 0 spiro atoms. The fraction of sp³-hybridized carbons (Fsp3) is 0.292. The zero-order chi connectivity index (χ0) is 21.5. The van der Waals surface area contributed by atoms with E-state index in [-0.39, 0.29) is 6.61 Å². The second-order valence-corrected chi connectivity index (χ2v) is 7.25. The largest absolute Gasteiger partial charge is 0.462 e. The van der Waals surface area contributed by atoms with Crippen molar-refractivity contribution in [3.05, 3.63) is 71.9 Å². The van der Waals surface area contributed by atoms with Gasteiger partial charge < -0.3 is 14.8 Å². The lowest BCUT2D eigenvalue weighted by atomic mass is 10.1. The third-order valence-corrected chi connectivity index (χ3v) is 5.04. The van der Waals surface area contributed by atoms with Gasteiger partial charge in [-0.2, -0.15) is 0 Å². The van der Waals surface area contributed by atoms with E-state index in [1.807, 2.05) is 42.5 Å². The van der Waals surface area contributed by atoms with Gasteiger partial charge in [0.1, 0.15) is 11.4 Å². The number of anilines is 2. The normalized spacial score (nSPS) is 14.2. The Labute approximate surface area is 182 Å². The standard InChI is InChI=1S/C24H26N4O3/c1-2-31-24(29)21-16-25-22(19-6-4-3-5-7-19)27-23(21)26-20-10-8-18(9-11-20)17-28-12-14-30-15-13-28/h3-11,16H,2,12-15,17H2,1H3,(H,25,26,27). The summed E-state index contributed by atoms with van der Waals surface area (Å²) in [6, 6.07) is 17.8. The summed E-state index contributed by atoms with van der Waals surface area (Å²) in [6.07, 6.45) is 1.52. The van der Waals surface area contributed by atoms with Crippen molar-refractivity contribution >= 4 is 17.5 Å². The first-order valence-corrected chi connectivity index (χ1v) is 10.5. The van der Waals surface area contributed by atoms with Crippen LogP contribution < -0.4 is 5.32 Å². The molecule has 1 aliphatic heterocycles. The van der Waals surface area contributed by atoms with Crippen molar-refractivity contribution < 1.29 is 14.3 Å². The van der Waals surface area contributed by atoms with Crippen molar-refractivity contribution in [3.8, 4) is 11.4 Å². The van der Waals surface area contributed by atoms with Crippen molar-refractivity contribution in [2.75, 3.05) is 38.2 Å². The van der Waals surface area contributed by atoms with Crippen LogP contribution in [0, 0.1) is 0 Å². The van der Waals surface area contributed by atoms with Gasteiger partial charge in [-0.1, -0.05) is 42.5 Å². The molecule has 1 N–H and O–H groups in total. The Morgan fingerprint density at radius 2 is 1.84 bits per heavy atom. The fourth-order valence-electron chi connectivity index (χ4n) is 3.41. The van der Waals surface area contributed by atoms with E-state index < -0.39 is 5.97 Å². The number of nitrogens with one attached hydrogen (secondary N) is 1. The van der Waals surface area contributed by atoms with Gasteiger partial charge in [-0.15, -0.1) is 0 Å². The molecule has 0 aliphatic carbocycles. The summed E-state index contributed by atoms with van der Waals surface area (Å²) >= 11 is 0. The Hall–Kier alpha value is -3.29. The Morgan fingerprint density at radius 3 is 2.55 bits per heavy atom. The van der Waals surface area contributed by atoms with Crippen LogP contribution in [0.3, 0.4) is 0 Å². The van der Waals surface area contributed by atoms with E-state index in [0.29, 0.717) is 17.2 Å². The number of rotatable bonds is 7. The third kappa shape index (κ3) is 5.45. The monoisotopic (exact) mass is 418 g/mol. The van der Waals surface area contributed by atoms with Gasteiger partial charge in [-0.3, -0.25) is 4.90 Å². The van der Waals surface area contributed by atoms with Gasteiger partial charge in [0.25, 0.3) is 0 Å². The lowest BCUT2D eigenvalue weighted by molar-refractivity contribution is 0.0342. The number of aromatic nitrogens is 2. The minimum absolute atomic E-state index is 0.287. The highest BCUT2D eigenvalue weighted by molar-refractivity contribution is 5.95. The zero-order valence-electron chi connectivity index (χ0n) is 17.6. The average Bonchev–Trinajstić information content (AvgIpc) is 2.82. The van der Waals surface area contributed by atoms with Gasteiger partial charge >= 0.3 is 5.97 Å². The summed E-state index contributed by atoms with van der Waals surface area (Å²) in [4.78, 5) is 23.8. The second-order valence-electron chi connectivity index (χ2n) is 7.25. The van der Waals surface area contributed by atoms with E-state index in [0.717, 1.165) is 44.1 Å². The van der Waals surface area contributed by atoms with E-state index in [2.05, 4.69) is 32.3 Å². The summed E-state index contributed by atoms with van der Waals surface area (Å²) in [7, 11) is 0. The minimum Gasteiger partial charge on any atom is -0.462 e. The van der Waals surface area contributed by atoms with Gasteiger partial charge in [0.05, 0.1) is 19.8 Å². The summed E-state index contributed by atoms with van der Waals surface area (Å²) in [6.45, 7) is 6.43. The molecule has 3 aromatic rings. The highest BCUT2D eigenvalue weighted by atomic mass is 16.5. The van der Waals surface area contributed by atoms with Crippen LogP contribution in [-0.2, 0) is 16.0 Å². The second kappa shape index (κ2) is 10.1. The molecule has 0 unspecified atom stereocenters. The topological polar surface area (TPSA) is 76.6 Å². The third-order valence-electron chi connectivity index (χ3n) is 5.04. The summed E-state index contributed by atoms with van der Waals surface area (Å²) in [5, 5.41) is 3.27. The summed E-state index contributed by atoms with van der Waals surface area (Å²) in [5.74, 6) is 0.516. The number of nitrogens with zero attached hydrogens (tertiary/aromatic N) is 3. The molecule has 1 saturated heterocycles. The van der Waals surface area contributed by atoms with Crippen LogP contribution in [0.5, 0.6) is 0 Å². The van der Waals surface area contributed by atoms with Crippen LogP contribution in [0.2, 0.25) is 0 Å². The predicted molar refractivity (Wildman–Crippen MR) is 119 cm³/mol. The number of esters is 1. The SMILES string of the molecule is CCOC(=O)c1cnc(-c2ccccc2)nc1Nc1ccc(CN2CCOCC2)cc1. The maximum atomic E-state index is 12.4. The first-order chi connectivity index (χ1) is 15.2. The number of morpholine rings is 1. The molecule has 2 aromatic carbocycles. The van der Waals surface area contributed by atoms with E-state index in [1.54, 1.807) is 6.92 Å². The van der Waals surface area contributed by atoms with Gasteiger partial charge in [0, 0.05) is 37.1 Å². The molecular weight excluding hydrogens is 392 g/mol. The Bertz CT molecular complexity index is 1000.